The Hall–Kier alpha value is -1.24. The maximum absolute atomic E-state index is 11.1. The molecule has 0 radical (unpaired) electrons. The van der Waals surface area contributed by atoms with Gasteiger partial charge in [-0.1, -0.05) is 18.2 Å². The molecule has 0 aromatic heterocycles. The van der Waals surface area contributed by atoms with Gasteiger partial charge in [0, 0.05) is 25.1 Å². The summed E-state index contributed by atoms with van der Waals surface area (Å²) >= 11 is 0. The minimum atomic E-state index is -0.855. The number of benzene rings is 1. The molecule has 1 aromatic rings. The van der Waals surface area contributed by atoms with Gasteiger partial charge in [-0.15, -0.1) is 24.0 Å². The van der Waals surface area contributed by atoms with Crippen LogP contribution in [0, 0.1) is 0 Å². The molecule has 1 aliphatic rings. The lowest BCUT2D eigenvalue weighted by Gasteiger charge is -2.26. The van der Waals surface area contributed by atoms with Crippen LogP contribution in [0.1, 0.15) is 0 Å². The lowest BCUT2D eigenvalue weighted by atomic mass is 10.3. The Morgan fingerprint density at radius 1 is 1.25 bits per heavy atom. The molecule has 1 unspecified atom stereocenters. The van der Waals surface area contributed by atoms with Crippen LogP contribution >= 0.6 is 24.0 Å². The summed E-state index contributed by atoms with van der Waals surface area (Å²) in [6, 6.07) is 9.46. The highest BCUT2D eigenvalue weighted by Crippen LogP contribution is 2.23. The van der Waals surface area contributed by atoms with E-state index >= 15 is 0 Å². The van der Waals surface area contributed by atoms with E-state index in [0.717, 1.165) is 5.69 Å². The Bertz CT molecular complexity index is 394. The van der Waals surface area contributed by atoms with Gasteiger partial charge >= 0.3 is 5.97 Å². The van der Waals surface area contributed by atoms with Crippen molar-refractivity contribution >= 4 is 35.6 Å². The quantitative estimate of drug-likeness (QED) is 0.841. The van der Waals surface area contributed by atoms with E-state index in [9.17, 15) is 4.79 Å². The number of aliphatic carboxylic acids is 1. The number of hydrogen-bond acceptors (Lipinski definition) is 3. The van der Waals surface area contributed by atoms with Crippen LogP contribution in [0.2, 0.25) is 0 Å². The zero-order valence-corrected chi connectivity index (χ0v) is 11.1. The third-order valence-corrected chi connectivity index (χ3v) is 2.39. The summed E-state index contributed by atoms with van der Waals surface area (Å²) < 4.78 is 0. The van der Waals surface area contributed by atoms with Crippen molar-refractivity contribution in [2.45, 2.75) is 6.17 Å². The first-order chi connectivity index (χ1) is 7.20. The number of carboxylic acid groups (broad SMARTS) is 1. The maximum atomic E-state index is 11.1. The average Bonchev–Trinajstić information content (AvgIpc) is 2.61. The van der Waals surface area contributed by atoms with Crippen LogP contribution in [-0.4, -0.2) is 29.2 Å². The van der Waals surface area contributed by atoms with Crippen LogP contribution in [0.25, 0.3) is 0 Å². The molecular formula is C11H13IN2O2. The second-order valence-electron chi connectivity index (χ2n) is 3.42. The van der Waals surface area contributed by atoms with Gasteiger partial charge in [-0.3, -0.25) is 0 Å². The van der Waals surface area contributed by atoms with Crippen molar-refractivity contribution in [3.8, 4) is 0 Å². The molecule has 0 bridgehead atoms. The zero-order chi connectivity index (χ0) is 10.8. The van der Waals surface area contributed by atoms with Crippen molar-refractivity contribution in [3.63, 3.8) is 0 Å². The minimum Gasteiger partial charge on any atom is -0.478 e. The normalized spacial score (nSPS) is 18.4. The second-order valence-corrected chi connectivity index (χ2v) is 3.42. The molecular weight excluding hydrogens is 319 g/mol. The Balaban J connectivity index is 0.00000128. The van der Waals surface area contributed by atoms with Gasteiger partial charge in [0.05, 0.1) is 0 Å². The van der Waals surface area contributed by atoms with Gasteiger partial charge in [0.15, 0.2) is 0 Å². The molecule has 1 aliphatic heterocycles. The molecule has 4 nitrogen and oxygen atoms in total. The number of para-hydroxylation sites is 1. The minimum absolute atomic E-state index is 0. The first-order valence-electron chi connectivity index (χ1n) is 4.66. The topological polar surface area (TPSA) is 43.8 Å². The molecule has 86 valence electrons. The number of carboxylic acids is 1. The first-order valence-corrected chi connectivity index (χ1v) is 4.66. The Labute approximate surface area is 111 Å². The smallest absolute Gasteiger partial charge is 0.347 e. The molecule has 1 aromatic carbocycles. The molecule has 1 heterocycles. The molecule has 0 aliphatic carbocycles. The van der Waals surface area contributed by atoms with Crippen LogP contribution in [0.5, 0.6) is 0 Å². The fraction of sp³-hybridized carbons (Fsp3) is 0.182. The summed E-state index contributed by atoms with van der Waals surface area (Å²) in [4.78, 5) is 14.5. The fourth-order valence-electron chi connectivity index (χ4n) is 1.66. The largest absolute Gasteiger partial charge is 0.478 e. The van der Waals surface area contributed by atoms with Crippen molar-refractivity contribution < 1.29 is 9.90 Å². The number of likely N-dealkylation sites (N-methyl/N-ethyl adjacent to an activating group) is 1. The molecule has 0 saturated heterocycles. The van der Waals surface area contributed by atoms with Gasteiger partial charge in [-0.25, -0.2) is 4.79 Å². The maximum Gasteiger partial charge on any atom is 0.347 e. The van der Waals surface area contributed by atoms with Gasteiger partial charge in [-0.05, 0) is 12.1 Å². The number of halogens is 1. The van der Waals surface area contributed by atoms with Crippen molar-refractivity contribution in [3.05, 3.63) is 42.7 Å². The van der Waals surface area contributed by atoms with E-state index < -0.39 is 12.1 Å². The Morgan fingerprint density at radius 3 is 2.44 bits per heavy atom. The van der Waals surface area contributed by atoms with E-state index in [1.165, 1.54) is 0 Å². The number of rotatable bonds is 2. The second kappa shape index (κ2) is 5.20. The summed E-state index contributed by atoms with van der Waals surface area (Å²) in [7, 11) is 1.75. The van der Waals surface area contributed by atoms with Crippen molar-refractivity contribution in [1.82, 2.24) is 4.90 Å². The highest BCUT2D eigenvalue weighted by atomic mass is 127. The summed E-state index contributed by atoms with van der Waals surface area (Å²) in [5, 5.41) is 9.09. The van der Waals surface area contributed by atoms with Gasteiger partial charge in [0.25, 0.3) is 0 Å². The van der Waals surface area contributed by atoms with E-state index in [2.05, 4.69) is 0 Å². The third-order valence-electron chi connectivity index (χ3n) is 2.39. The Morgan fingerprint density at radius 2 is 1.88 bits per heavy atom. The van der Waals surface area contributed by atoms with Crippen molar-refractivity contribution in [2.24, 2.45) is 0 Å². The number of anilines is 1. The molecule has 0 spiro atoms. The number of hydrogen-bond donors (Lipinski definition) is 1. The standard InChI is InChI=1S/C11H12N2O2.HI/c1-12-7-8-13(10(12)11(14)15)9-5-3-2-4-6-9;/h2-8,10H,1H3,(H,14,15);1H. The monoisotopic (exact) mass is 332 g/mol. The summed E-state index contributed by atoms with van der Waals surface area (Å²) in [6.07, 6.45) is 2.88. The van der Waals surface area contributed by atoms with E-state index in [-0.39, 0.29) is 24.0 Å². The molecule has 16 heavy (non-hydrogen) atoms. The van der Waals surface area contributed by atoms with E-state index in [1.807, 2.05) is 30.3 Å². The zero-order valence-electron chi connectivity index (χ0n) is 8.78. The summed E-state index contributed by atoms with van der Waals surface area (Å²) in [5.74, 6) is -0.855. The Kier molecular flexibility index (Phi) is 4.17. The number of nitrogens with zero attached hydrogens (tertiary/aromatic N) is 2. The molecule has 0 amide bonds. The van der Waals surface area contributed by atoms with Crippen molar-refractivity contribution in [1.29, 1.82) is 0 Å². The fourth-order valence-corrected chi connectivity index (χ4v) is 1.66. The molecule has 1 N–H and O–H groups in total. The third kappa shape index (κ3) is 2.29. The van der Waals surface area contributed by atoms with Gasteiger partial charge in [-0.2, -0.15) is 0 Å². The van der Waals surface area contributed by atoms with Crippen LogP contribution in [0.3, 0.4) is 0 Å². The van der Waals surface area contributed by atoms with Crippen LogP contribution in [-0.2, 0) is 4.79 Å². The van der Waals surface area contributed by atoms with Gasteiger partial charge in [0.1, 0.15) is 0 Å². The molecule has 0 fully saturated rings. The SMILES string of the molecule is CN1C=CN(c2ccccc2)C1C(=O)O.I. The molecule has 0 saturated carbocycles. The van der Waals surface area contributed by atoms with Crippen LogP contribution < -0.4 is 4.90 Å². The highest BCUT2D eigenvalue weighted by Gasteiger charge is 2.31. The first kappa shape index (κ1) is 12.8. The molecule has 1 atom stereocenters. The average molecular weight is 332 g/mol. The lowest BCUT2D eigenvalue weighted by molar-refractivity contribution is -0.141. The summed E-state index contributed by atoms with van der Waals surface area (Å²) in [5.41, 5.74) is 0.880. The van der Waals surface area contributed by atoms with E-state index in [4.69, 9.17) is 5.11 Å². The van der Waals surface area contributed by atoms with Gasteiger partial charge in [0.2, 0.25) is 6.17 Å². The highest BCUT2D eigenvalue weighted by molar-refractivity contribution is 14.0. The number of carbonyl (C=O) groups is 1. The van der Waals surface area contributed by atoms with Gasteiger partial charge < -0.3 is 14.9 Å². The predicted octanol–water partition coefficient (Wildman–Crippen LogP) is 1.94. The van der Waals surface area contributed by atoms with Crippen LogP contribution in [0.4, 0.5) is 5.69 Å². The van der Waals surface area contributed by atoms with E-state index in [0.29, 0.717) is 0 Å². The van der Waals surface area contributed by atoms with E-state index in [1.54, 1.807) is 29.2 Å². The van der Waals surface area contributed by atoms with Crippen molar-refractivity contribution in [2.75, 3.05) is 11.9 Å². The molecule has 5 heteroatoms. The lowest BCUT2D eigenvalue weighted by Crippen LogP contribution is -2.43. The van der Waals surface area contributed by atoms with Crippen LogP contribution in [0.15, 0.2) is 42.7 Å². The molecule has 2 rings (SSSR count). The summed E-state index contributed by atoms with van der Waals surface area (Å²) in [6.45, 7) is 0. The predicted molar refractivity (Wildman–Crippen MR) is 72.7 cm³/mol.